The lowest BCUT2D eigenvalue weighted by atomic mass is 10.1. The molecule has 7 nitrogen and oxygen atoms in total. The minimum Gasteiger partial charge on any atom is -0.352 e. The summed E-state index contributed by atoms with van der Waals surface area (Å²) >= 11 is 0. The molecule has 33 heavy (non-hydrogen) atoms. The number of carbonyl (C=O) groups excluding carboxylic acids is 2. The van der Waals surface area contributed by atoms with E-state index >= 15 is 0 Å². The van der Waals surface area contributed by atoms with Crippen LogP contribution in [0.25, 0.3) is 0 Å². The van der Waals surface area contributed by atoms with Crippen molar-refractivity contribution < 1.29 is 18.0 Å². The van der Waals surface area contributed by atoms with Crippen LogP contribution in [0.5, 0.6) is 0 Å². The summed E-state index contributed by atoms with van der Waals surface area (Å²) in [6.07, 6.45) is 3.86. The summed E-state index contributed by atoms with van der Waals surface area (Å²) in [5, 5.41) is 5.76. The highest BCUT2D eigenvalue weighted by molar-refractivity contribution is 7.89. The number of amides is 2. The van der Waals surface area contributed by atoms with Crippen LogP contribution in [0.4, 0.5) is 0 Å². The molecule has 176 valence electrons. The van der Waals surface area contributed by atoms with E-state index in [2.05, 4.69) is 17.2 Å². The van der Waals surface area contributed by atoms with Crippen LogP contribution in [-0.2, 0) is 21.2 Å². The molecule has 0 aliphatic carbocycles. The second kappa shape index (κ2) is 11.2. The van der Waals surface area contributed by atoms with E-state index in [4.69, 9.17) is 0 Å². The van der Waals surface area contributed by atoms with Crippen LogP contribution in [0.2, 0.25) is 0 Å². The Kier molecular flexibility index (Phi) is 8.41. The van der Waals surface area contributed by atoms with E-state index in [1.165, 1.54) is 16.4 Å². The van der Waals surface area contributed by atoms with Crippen molar-refractivity contribution in [2.24, 2.45) is 0 Å². The van der Waals surface area contributed by atoms with Gasteiger partial charge in [0.2, 0.25) is 15.9 Å². The van der Waals surface area contributed by atoms with E-state index in [-0.39, 0.29) is 22.8 Å². The van der Waals surface area contributed by atoms with Gasteiger partial charge in [-0.05, 0) is 68.0 Å². The van der Waals surface area contributed by atoms with Gasteiger partial charge in [-0.25, -0.2) is 8.42 Å². The van der Waals surface area contributed by atoms with Crippen LogP contribution >= 0.6 is 0 Å². The Morgan fingerprint density at radius 2 is 1.88 bits per heavy atom. The second-order valence-corrected chi connectivity index (χ2v) is 10.2. The summed E-state index contributed by atoms with van der Waals surface area (Å²) < 4.78 is 27.9. The largest absolute Gasteiger partial charge is 0.352 e. The first kappa shape index (κ1) is 24.7. The zero-order chi connectivity index (χ0) is 23.8. The molecule has 1 saturated heterocycles. The van der Waals surface area contributed by atoms with E-state index in [1.54, 1.807) is 19.1 Å². The third-order valence-corrected chi connectivity index (χ3v) is 7.74. The van der Waals surface area contributed by atoms with Crippen molar-refractivity contribution in [3.05, 3.63) is 77.9 Å². The fourth-order valence-corrected chi connectivity index (χ4v) is 5.55. The molecule has 0 aromatic heterocycles. The fraction of sp³-hybridized carbons (Fsp3) is 0.360. The van der Waals surface area contributed by atoms with Gasteiger partial charge in [0.25, 0.3) is 5.91 Å². The van der Waals surface area contributed by atoms with Crippen molar-refractivity contribution in [1.29, 1.82) is 0 Å². The number of aryl methyl sites for hydroxylation is 1. The lowest BCUT2D eigenvalue weighted by Crippen LogP contribution is -2.36. The van der Waals surface area contributed by atoms with Gasteiger partial charge in [0.1, 0.15) is 0 Å². The van der Waals surface area contributed by atoms with E-state index in [1.807, 2.05) is 30.3 Å². The maximum absolute atomic E-state index is 13.2. The molecule has 2 amide bonds. The summed E-state index contributed by atoms with van der Waals surface area (Å²) in [6, 6.07) is 14.4. The summed E-state index contributed by atoms with van der Waals surface area (Å²) in [7, 11) is -3.69. The molecule has 2 N–H and O–H groups in total. The Morgan fingerprint density at radius 3 is 2.58 bits per heavy atom. The Hall–Kier alpha value is -2.97. The van der Waals surface area contributed by atoms with Crippen LogP contribution in [0.3, 0.4) is 0 Å². The standard InChI is InChI=1S/C25H31N3O4S/c1-3-24(29)27-21-10-7-16-28(17-14-21)33(31,32)22-11-12-23(19(2)18-22)25(30)26-15-13-20-8-5-4-6-9-20/h3-6,8-9,11-12,18,21H,1,7,10,13-17H2,2H3,(H,26,30)(H,27,29). The number of sulfonamides is 1. The van der Waals surface area contributed by atoms with Gasteiger partial charge < -0.3 is 10.6 Å². The predicted molar refractivity (Wildman–Crippen MR) is 128 cm³/mol. The molecule has 3 rings (SSSR count). The normalized spacial score (nSPS) is 17.1. The molecule has 1 atom stereocenters. The van der Waals surface area contributed by atoms with Crippen LogP contribution in [0.1, 0.15) is 40.7 Å². The number of nitrogens with one attached hydrogen (secondary N) is 2. The lowest BCUT2D eigenvalue weighted by Gasteiger charge is -2.21. The number of benzene rings is 2. The third kappa shape index (κ3) is 6.52. The quantitative estimate of drug-likeness (QED) is 0.581. The first-order chi connectivity index (χ1) is 15.8. The highest BCUT2D eigenvalue weighted by atomic mass is 32.2. The number of carbonyl (C=O) groups is 2. The summed E-state index contributed by atoms with van der Waals surface area (Å²) in [6.45, 7) is 6.42. The Balaban J connectivity index is 1.63. The molecule has 8 heteroatoms. The van der Waals surface area contributed by atoms with Gasteiger partial charge in [-0.15, -0.1) is 0 Å². The van der Waals surface area contributed by atoms with Crippen LogP contribution in [-0.4, -0.2) is 50.2 Å². The number of nitrogens with zero attached hydrogens (tertiary/aromatic N) is 1. The molecule has 1 unspecified atom stereocenters. The van der Waals surface area contributed by atoms with E-state index in [0.717, 1.165) is 12.0 Å². The summed E-state index contributed by atoms with van der Waals surface area (Å²) in [5.41, 5.74) is 2.21. The molecule has 1 heterocycles. The SMILES string of the molecule is C=CC(=O)NC1CCCN(S(=O)(=O)c2ccc(C(=O)NCCc3ccccc3)c(C)c2)CC1. The minimum atomic E-state index is -3.69. The molecular weight excluding hydrogens is 438 g/mol. The third-order valence-electron chi connectivity index (χ3n) is 5.84. The van der Waals surface area contributed by atoms with Crippen molar-refractivity contribution >= 4 is 21.8 Å². The zero-order valence-electron chi connectivity index (χ0n) is 18.9. The monoisotopic (exact) mass is 469 g/mol. The highest BCUT2D eigenvalue weighted by Crippen LogP contribution is 2.23. The average Bonchev–Trinajstić information content (AvgIpc) is 3.05. The van der Waals surface area contributed by atoms with Gasteiger partial charge in [-0.3, -0.25) is 9.59 Å². The van der Waals surface area contributed by atoms with Crippen LogP contribution in [0.15, 0.2) is 66.1 Å². The Morgan fingerprint density at radius 1 is 1.12 bits per heavy atom. The van der Waals surface area contributed by atoms with Gasteiger partial charge in [0.15, 0.2) is 0 Å². The molecular formula is C25H31N3O4S. The van der Waals surface area contributed by atoms with Gasteiger partial charge in [-0.2, -0.15) is 4.31 Å². The molecule has 1 aliphatic rings. The van der Waals surface area contributed by atoms with Crippen molar-refractivity contribution in [1.82, 2.24) is 14.9 Å². The maximum atomic E-state index is 13.2. The van der Waals surface area contributed by atoms with Crippen LogP contribution in [0, 0.1) is 6.92 Å². The molecule has 0 radical (unpaired) electrons. The summed E-state index contributed by atoms with van der Waals surface area (Å²) in [5.74, 6) is -0.465. The fourth-order valence-electron chi connectivity index (χ4n) is 3.98. The van der Waals surface area contributed by atoms with Crippen molar-refractivity contribution in [2.45, 2.75) is 43.5 Å². The van der Waals surface area contributed by atoms with Gasteiger partial charge in [-0.1, -0.05) is 36.9 Å². The molecule has 1 fully saturated rings. The topological polar surface area (TPSA) is 95.6 Å². The maximum Gasteiger partial charge on any atom is 0.251 e. The molecule has 2 aromatic rings. The van der Waals surface area contributed by atoms with Gasteiger partial charge in [0, 0.05) is 31.2 Å². The highest BCUT2D eigenvalue weighted by Gasteiger charge is 2.28. The van der Waals surface area contributed by atoms with E-state index in [0.29, 0.717) is 50.0 Å². The smallest absolute Gasteiger partial charge is 0.251 e. The second-order valence-electron chi connectivity index (χ2n) is 8.21. The van der Waals surface area contributed by atoms with Crippen molar-refractivity contribution in [3.8, 4) is 0 Å². The van der Waals surface area contributed by atoms with Crippen LogP contribution < -0.4 is 10.6 Å². The summed E-state index contributed by atoms with van der Waals surface area (Å²) in [4.78, 5) is 24.3. The van der Waals surface area contributed by atoms with Gasteiger partial charge >= 0.3 is 0 Å². The Labute approximate surface area is 195 Å². The van der Waals surface area contributed by atoms with E-state index < -0.39 is 10.0 Å². The number of hydrogen-bond acceptors (Lipinski definition) is 4. The minimum absolute atomic E-state index is 0.0700. The molecule has 0 bridgehead atoms. The molecule has 0 saturated carbocycles. The zero-order valence-corrected chi connectivity index (χ0v) is 19.7. The van der Waals surface area contributed by atoms with Crippen molar-refractivity contribution in [3.63, 3.8) is 0 Å². The number of rotatable bonds is 8. The number of hydrogen-bond donors (Lipinski definition) is 2. The first-order valence-electron chi connectivity index (χ1n) is 11.2. The van der Waals surface area contributed by atoms with Crippen molar-refractivity contribution in [2.75, 3.05) is 19.6 Å². The molecule has 1 aliphatic heterocycles. The molecule has 2 aromatic carbocycles. The average molecular weight is 470 g/mol. The molecule has 0 spiro atoms. The lowest BCUT2D eigenvalue weighted by molar-refractivity contribution is -0.117. The van der Waals surface area contributed by atoms with Gasteiger partial charge in [0.05, 0.1) is 4.90 Å². The first-order valence-corrected chi connectivity index (χ1v) is 12.6. The predicted octanol–water partition coefficient (Wildman–Crippen LogP) is 2.81. The Bertz CT molecular complexity index is 1100. The van der Waals surface area contributed by atoms with E-state index in [9.17, 15) is 18.0 Å².